The summed E-state index contributed by atoms with van der Waals surface area (Å²) >= 11 is 0. The van der Waals surface area contributed by atoms with E-state index in [9.17, 15) is 0 Å². The third kappa shape index (κ3) is 4.02. The van der Waals surface area contributed by atoms with Gasteiger partial charge in [-0.2, -0.15) is 0 Å². The van der Waals surface area contributed by atoms with Gasteiger partial charge in [-0.25, -0.2) is 0 Å². The molecule has 0 saturated heterocycles. The van der Waals surface area contributed by atoms with E-state index in [0.29, 0.717) is 22.1 Å². The summed E-state index contributed by atoms with van der Waals surface area (Å²) in [5.41, 5.74) is 8.10. The number of hydrogen-bond acceptors (Lipinski definition) is 1. The van der Waals surface area contributed by atoms with Crippen LogP contribution in [0.25, 0.3) is 88.0 Å². The standard InChI is InChI=1S/C44H28O/c1-3-15-29(16-4-1)31-19-7-8-20-32(31)42-33-21-9-11-23-35(33)43(36-24-12-10-22-34(36)42)38-27-28-40-44(37-25-13-14-26-39(37)45-40)41(38)30-17-5-2-6-18-30/h1-28H/i2D,5D,6D,17D,18D. The Kier molecular flexibility index (Phi) is 4.81. The summed E-state index contributed by atoms with van der Waals surface area (Å²) in [5.74, 6) is 0. The first-order chi connectivity index (χ1) is 24.4. The van der Waals surface area contributed by atoms with Crippen LogP contribution in [0.1, 0.15) is 6.85 Å². The summed E-state index contributed by atoms with van der Waals surface area (Å²) < 4.78 is 50.3. The molecule has 9 aromatic rings. The molecule has 1 heteroatoms. The Morgan fingerprint density at radius 2 is 0.889 bits per heavy atom. The molecule has 8 aromatic carbocycles. The molecule has 1 heterocycles. The van der Waals surface area contributed by atoms with E-state index in [1.165, 1.54) is 0 Å². The van der Waals surface area contributed by atoms with Crippen molar-refractivity contribution in [3.05, 3.63) is 170 Å². The fourth-order valence-corrected chi connectivity index (χ4v) is 6.94. The van der Waals surface area contributed by atoms with Crippen molar-refractivity contribution in [1.82, 2.24) is 0 Å². The fraction of sp³-hybridized carbons (Fsp3) is 0. The largest absolute Gasteiger partial charge is 0.456 e. The van der Waals surface area contributed by atoms with Gasteiger partial charge in [-0.05, 0) is 78.7 Å². The highest BCUT2D eigenvalue weighted by Crippen LogP contribution is 2.50. The van der Waals surface area contributed by atoms with E-state index in [-0.39, 0.29) is 29.7 Å². The predicted octanol–water partition coefficient (Wildman–Crippen LogP) is 12.6. The van der Waals surface area contributed by atoms with Crippen molar-refractivity contribution in [1.29, 1.82) is 0 Å². The fourth-order valence-electron chi connectivity index (χ4n) is 6.94. The van der Waals surface area contributed by atoms with Crippen molar-refractivity contribution in [3.63, 3.8) is 0 Å². The lowest BCUT2D eigenvalue weighted by molar-refractivity contribution is 0.669. The van der Waals surface area contributed by atoms with Gasteiger partial charge in [0.25, 0.3) is 0 Å². The van der Waals surface area contributed by atoms with E-state index in [1.54, 1.807) is 0 Å². The van der Waals surface area contributed by atoms with Gasteiger partial charge in [0, 0.05) is 16.3 Å². The zero-order chi connectivity index (χ0) is 34.1. The van der Waals surface area contributed by atoms with E-state index in [2.05, 4.69) is 84.9 Å². The van der Waals surface area contributed by atoms with Crippen LogP contribution in [-0.4, -0.2) is 0 Å². The minimum atomic E-state index is -0.424. The van der Waals surface area contributed by atoms with Crippen LogP contribution < -0.4 is 0 Å². The summed E-state index contributed by atoms with van der Waals surface area (Å²) in [6, 6.07) is 45.5. The van der Waals surface area contributed by atoms with Gasteiger partial charge in [-0.3, -0.25) is 0 Å². The Morgan fingerprint density at radius 1 is 0.356 bits per heavy atom. The molecule has 45 heavy (non-hydrogen) atoms. The van der Waals surface area contributed by atoms with Crippen molar-refractivity contribution in [3.8, 4) is 44.5 Å². The average Bonchev–Trinajstić information content (AvgIpc) is 3.55. The molecule has 0 bridgehead atoms. The second-order valence-electron chi connectivity index (χ2n) is 11.2. The number of benzene rings is 8. The number of para-hydroxylation sites is 1. The Labute approximate surface area is 268 Å². The minimum Gasteiger partial charge on any atom is -0.456 e. The zero-order valence-electron chi connectivity index (χ0n) is 29.2. The minimum absolute atomic E-state index is 0.148. The molecule has 0 amide bonds. The van der Waals surface area contributed by atoms with Gasteiger partial charge < -0.3 is 4.42 Å². The third-order valence-electron chi connectivity index (χ3n) is 8.78. The van der Waals surface area contributed by atoms with Crippen LogP contribution >= 0.6 is 0 Å². The van der Waals surface area contributed by atoms with Crippen LogP contribution in [0, 0.1) is 0 Å². The normalized spacial score (nSPS) is 13.1. The summed E-state index contributed by atoms with van der Waals surface area (Å²) in [4.78, 5) is 0. The molecule has 0 N–H and O–H groups in total. The van der Waals surface area contributed by atoms with Crippen molar-refractivity contribution in [2.24, 2.45) is 0 Å². The molecule has 0 fully saturated rings. The molecule has 0 saturated carbocycles. The number of rotatable bonds is 4. The van der Waals surface area contributed by atoms with E-state index >= 15 is 0 Å². The lowest BCUT2D eigenvalue weighted by Gasteiger charge is -2.21. The van der Waals surface area contributed by atoms with Gasteiger partial charge in [0.05, 0.1) is 6.85 Å². The molecular formula is C44H28O. The molecule has 1 aromatic heterocycles. The summed E-state index contributed by atoms with van der Waals surface area (Å²) in [6.07, 6.45) is 0. The first kappa shape index (κ1) is 20.9. The summed E-state index contributed by atoms with van der Waals surface area (Å²) in [5, 5.41) is 5.61. The highest BCUT2D eigenvalue weighted by molar-refractivity contribution is 6.25. The van der Waals surface area contributed by atoms with Crippen LogP contribution in [0.3, 0.4) is 0 Å². The second-order valence-corrected chi connectivity index (χ2v) is 11.2. The highest BCUT2D eigenvalue weighted by atomic mass is 16.3. The number of hydrogen-bond donors (Lipinski definition) is 0. The Balaban J connectivity index is 1.48. The summed E-state index contributed by atoms with van der Waals surface area (Å²) in [6.45, 7) is 0. The quantitative estimate of drug-likeness (QED) is 0.190. The van der Waals surface area contributed by atoms with Crippen LogP contribution in [-0.2, 0) is 0 Å². The molecule has 0 atom stereocenters. The smallest absolute Gasteiger partial charge is 0.136 e. The molecule has 210 valence electrons. The molecule has 9 rings (SSSR count). The number of furan rings is 1. The van der Waals surface area contributed by atoms with Crippen molar-refractivity contribution in [2.45, 2.75) is 0 Å². The second kappa shape index (κ2) is 10.4. The Hall–Kier alpha value is -5.92. The first-order valence-corrected chi connectivity index (χ1v) is 15.0. The zero-order valence-corrected chi connectivity index (χ0v) is 24.2. The van der Waals surface area contributed by atoms with Gasteiger partial charge in [0.15, 0.2) is 0 Å². The third-order valence-corrected chi connectivity index (χ3v) is 8.78. The van der Waals surface area contributed by atoms with E-state index in [0.717, 1.165) is 60.3 Å². The molecule has 1 nitrogen and oxygen atoms in total. The van der Waals surface area contributed by atoms with Crippen molar-refractivity contribution >= 4 is 43.5 Å². The van der Waals surface area contributed by atoms with E-state index in [4.69, 9.17) is 11.3 Å². The molecular weight excluding hydrogens is 544 g/mol. The maximum absolute atomic E-state index is 9.14. The monoisotopic (exact) mass is 577 g/mol. The lowest BCUT2D eigenvalue weighted by atomic mass is 9.81. The molecule has 0 radical (unpaired) electrons. The van der Waals surface area contributed by atoms with Crippen LogP contribution in [0.2, 0.25) is 0 Å². The Bertz CT molecular complexity index is 2730. The highest BCUT2D eigenvalue weighted by Gasteiger charge is 2.23. The lowest BCUT2D eigenvalue weighted by Crippen LogP contribution is -1.94. The van der Waals surface area contributed by atoms with Gasteiger partial charge in [0.1, 0.15) is 11.2 Å². The molecule has 0 spiro atoms. The Morgan fingerprint density at radius 3 is 1.56 bits per heavy atom. The maximum atomic E-state index is 9.14. The van der Waals surface area contributed by atoms with Crippen molar-refractivity contribution in [2.75, 3.05) is 0 Å². The van der Waals surface area contributed by atoms with Crippen molar-refractivity contribution < 1.29 is 11.3 Å². The number of fused-ring (bicyclic) bond motifs is 5. The van der Waals surface area contributed by atoms with Gasteiger partial charge >= 0.3 is 0 Å². The van der Waals surface area contributed by atoms with Crippen LogP contribution in [0.4, 0.5) is 0 Å². The maximum Gasteiger partial charge on any atom is 0.136 e. The van der Waals surface area contributed by atoms with Crippen LogP contribution in [0.15, 0.2) is 174 Å². The first-order valence-electron chi connectivity index (χ1n) is 17.5. The van der Waals surface area contributed by atoms with Crippen LogP contribution in [0.5, 0.6) is 0 Å². The topological polar surface area (TPSA) is 13.1 Å². The molecule has 0 aliphatic heterocycles. The van der Waals surface area contributed by atoms with Gasteiger partial charge in [-0.15, -0.1) is 0 Å². The molecule has 0 aliphatic rings. The predicted molar refractivity (Wildman–Crippen MR) is 190 cm³/mol. The van der Waals surface area contributed by atoms with E-state index < -0.39 is 6.04 Å². The summed E-state index contributed by atoms with van der Waals surface area (Å²) in [7, 11) is 0. The molecule has 0 unspecified atom stereocenters. The average molecular weight is 578 g/mol. The van der Waals surface area contributed by atoms with E-state index in [1.807, 2.05) is 54.6 Å². The molecule has 0 aliphatic carbocycles. The SMILES string of the molecule is [2H]c1c([2H])c([2H])c(-c2c(-c3c4ccccc4c(-c4ccccc4-c4ccccc4)c4ccccc34)ccc3oc4ccccc4c23)c([2H])c1[2H]. The van der Waals surface area contributed by atoms with Gasteiger partial charge in [0.2, 0.25) is 0 Å². The van der Waals surface area contributed by atoms with Gasteiger partial charge in [-0.1, -0.05) is 152 Å².